The van der Waals surface area contributed by atoms with Crippen LogP contribution in [0, 0.1) is 6.92 Å². The van der Waals surface area contributed by atoms with E-state index < -0.39 is 9.04 Å². The Morgan fingerprint density at radius 3 is 2.75 bits per heavy atom. The predicted octanol–water partition coefficient (Wildman–Crippen LogP) is 3.30. The van der Waals surface area contributed by atoms with Gasteiger partial charge in [0, 0.05) is 25.4 Å². The highest BCUT2D eigenvalue weighted by Crippen LogP contribution is 2.27. The van der Waals surface area contributed by atoms with E-state index in [1.807, 2.05) is 48.4 Å². The maximum atomic E-state index is 5.85. The first-order chi connectivity index (χ1) is 9.58. The number of para-hydroxylation sites is 2. The fraction of sp³-hybridized carbons (Fsp3) is 0.333. The number of hydrogen-bond acceptors (Lipinski definition) is 3. The summed E-state index contributed by atoms with van der Waals surface area (Å²) in [5.74, 6) is 0.865. The van der Waals surface area contributed by atoms with Crippen LogP contribution in [0.4, 0.5) is 5.69 Å². The van der Waals surface area contributed by atoms with E-state index in [1.54, 1.807) is 0 Å². The molecule has 105 valence electrons. The van der Waals surface area contributed by atoms with Gasteiger partial charge in [0.1, 0.15) is 11.4 Å². The average molecular weight is 286 g/mol. The van der Waals surface area contributed by atoms with Crippen LogP contribution in [0.3, 0.4) is 0 Å². The highest BCUT2D eigenvalue weighted by Gasteiger charge is 2.05. The first-order valence-corrected chi connectivity index (χ1v) is 9.06. The van der Waals surface area contributed by atoms with Crippen LogP contribution in [0.15, 0.2) is 35.5 Å². The molecule has 1 aromatic carbocycles. The predicted molar refractivity (Wildman–Crippen MR) is 84.4 cm³/mol. The molecule has 0 amide bonds. The van der Waals surface area contributed by atoms with Gasteiger partial charge in [-0.05, 0) is 37.7 Å². The molecule has 0 aliphatic carbocycles. The van der Waals surface area contributed by atoms with Crippen LogP contribution in [0.5, 0.6) is 5.75 Å². The summed E-state index contributed by atoms with van der Waals surface area (Å²) in [7, 11) is 1.18. The van der Waals surface area contributed by atoms with Gasteiger partial charge in [-0.3, -0.25) is 9.67 Å². The van der Waals surface area contributed by atoms with Crippen molar-refractivity contribution in [2.24, 2.45) is 12.0 Å². The number of rotatable bonds is 5. The van der Waals surface area contributed by atoms with Crippen molar-refractivity contribution in [3.63, 3.8) is 0 Å². The van der Waals surface area contributed by atoms with Gasteiger partial charge in [0.15, 0.2) is 0 Å². The topological polar surface area (TPSA) is 39.4 Å². The average Bonchev–Trinajstić information content (AvgIpc) is 2.71. The molecule has 0 N–H and O–H groups in total. The van der Waals surface area contributed by atoms with Crippen LogP contribution < -0.4 is 4.43 Å². The molecule has 4 nitrogen and oxygen atoms in total. The number of aromatic nitrogens is 2. The van der Waals surface area contributed by atoms with Crippen molar-refractivity contribution in [2.75, 3.05) is 0 Å². The minimum absolute atomic E-state index is 0.771. The standard InChI is InChI=1S/C15H20N3OSi/c1-12-11-17-18(2)14(12)9-10-16-13-7-5-6-8-15(13)19-20(3)4/h5-8,10-11H,9H2,1-4H3. The summed E-state index contributed by atoms with van der Waals surface area (Å²) < 4.78 is 7.74. The highest BCUT2D eigenvalue weighted by atomic mass is 28.3. The van der Waals surface area contributed by atoms with Gasteiger partial charge in [0.2, 0.25) is 0 Å². The van der Waals surface area contributed by atoms with Gasteiger partial charge in [-0.2, -0.15) is 5.10 Å². The molecule has 0 saturated heterocycles. The summed E-state index contributed by atoms with van der Waals surface area (Å²) in [5, 5.41) is 4.23. The Hall–Kier alpha value is -1.88. The van der Waals surface area contributed by atoms with Crippen molar-refractivity contribution >= 4 is 20.9 Å². The molecule has 2 aromatic rings. The maximum absolute atomic E-state index is 5.85. The fourth-order valence-electron chi connectivity index (χ4n) is 1.97. The zero-order valence-electron chi connectivity index (χ0n) is 12.4. The minimum Gasteiger partial charge on any atom is -0.541 e. The third-order valence-corrected chi connectivity index (χ3v) is 3.59. The minimum atomic E-state index is -0.778. The molecule has 2 rings (SSSR count). The van der Waals surface area contributed by atoms with Crippen LogP contribution in [-0.4, -0.2) is 25.0 Å². The second-order valence-electron chi connectivity index (χ2n) is 4.89. The van der Waals surface area contributed by atoms with E-state index in [1.165, 1.54) is 11.3 Å². The first-order valence-electron chi connectivity index (χ1n) is 6.65. The number of benzene rings is 1. The van der Waals surface area contributed by atoms with E-state index in [9.17, 15) is 0 Å². The van der Waals surface area contributed by atoms with E-state index in [4.69, 9.17) is 4.43 Å². The van der Waals surface area contributed by atoms with Gasteiger partial charge in [0.05, 0.1) is 6.20 Å². The molecule has 0 fully saturated rings. The molecule has 1 aromatic heterocycles. The van der Waals surface area contributed by atoms with E-state index >= 15 is 0 Å². The quantitative estimate of drug-likeness (QED) is 0.625. The Morgan fingerprint density at radius 1 is 1.35 bits per heavy atom. The summed E-state index contributed by atoms with van der Waals surface area (Å²) in [4.78, 5) is 4.54. The Morgan fingerprint density at radius 2 is 2.10 bits per heavy atom. The molecule has 1 radical (unpaired) electrons. The lowest BCUT2D eigenvalue weighted by Gasteiger charge is -2.10. The molecule has 0 atom stereocenters. The first kappa shape index (κ1) is 14.5. The summed E-state index contributed by atoms with van der Waals surface area (Å²) in [5.41, 5.74) is 3.26. The Labute approximate surface area is 121 Å². The second-order valence-corrected chi connectivity index (χ2v) is 6.91. The van der Waals surface area contributed by atoms with Crippen molar-refractivity contribution in [1.82, 2.24) is 9.78 Å². The third-order valence-electron chi connectivity index (χ3n) is 2.96. The SMILES string of the molecule is Cc1cnn(C)c1CC=Nc1ccccc1O[Si](C)C. The third kappa shape index (κ3) is 3.57. The number of hydrogen-bond donors (Lipinski definition) is 0. The number of aliphatic imine (C=N–C) groups is 1. The van der Waals surface area contributed by atoms with Gasteiger partial charge < -0.3 is 4.43 Å². The van der Waals surface area contributed by atoms with E-state index in [0.717, 1.165) is 17.9 Å². The number of nitrogens with zero attached hydrogens (tertiary/aromatic N) is 3. The molecular weight excluding hydrogens is 266 g/mol. The Balaban J connectivity index is 2.12. The Kier molecular flexibility index (Phi) is 4.73. The van der Waals surface area contributed by atoms with Crippen molar-refractivity contribution in [2.45, 2.75) is 26.4 Å². The van der Waals surface area contributed by atoms with Gasteiger partial charge in [-0.1, -0.05) is 12.1 Å². The van der Waals surface area contributed by atoms with E-state index in [0.29, 0.717) is 0 Å². The molecule has 0 bridgehead atoms. The second kappa shape index (κ2) is 6.52. The number of aryl methyl sites for hydroxylation is 2. The van der Waals surface area contributed by atoms with Crippen molar-refractivity contribution in [1.29, 1.82) is 0 Å². The van der Waals surface area contributed by atoms with Gasteiger partial charge in [-0.25, -0.2) is 0 Å². The lowest BCUT2D eigenvalue weighted by Crippen LogP contribution is -2.11. The van der Waals surface area contributed by atoms with Crippen molar-refractivity contribution < 1.29 is 4.43 Å². The zero-order valence-corrected chi connectivity index (χ0v) is 13.4. The van der Waals surface area contributed by atoms with Crippen molar-refractivity contribution in [3.05, 3.63) is 41.7 Å². The molecule has 0 saturated carbocycles. The lowest BCUT2D eigenvalue weighted by atomic mass is 10.2. The van der Waals surface area contributed by atoms with Gasteiger partial charge in [0.25, 0.3) is 9.04 Å². The monoisotopic (exact) mass is 286 g/mol. The van der Waals surface area contributed by atoms with E-state index in [-0.39, 0.29) is 0 Å². The molecule has 0 unspecified atom stereocenters. The summed E-state index contributed by atoms with van der Waals surface area (Å²) in [6.45, 7) is 6.30. The van der Waals surface area contributed by atoms with Gasteiger partial charge in [-0.15, -0.1) is 0 Å². The maximum Gasteiger partial charge on any atom is 0.274 e. The highest BCUT2D eigenvalue weighted by molar-refractivity contribution is 6.49. The summed E-state index contributed by atoms with van der Waals surface area (Å²) in [6.07, 6.45) is 4.57. The molecule has 5 heteroatoms. The summed E-state index contributed by atoms with van der Waals surface area (Å²) >= 11 is 0. The molecule has 20 heavy (non-hydrogen) atoms. The normalized spacial score (nSPS) is 11.4. The zero-order chi connectivity index (χ0) is 14.5. The van der Waals surface area contributed by atoms with Crippen LogP contribution >= 0.6 is 0 Å². The molecule has 1 heterocycles. The summed E-state index contributed by atoms with van der Waals surface area (Å²) in [6, 6.07) is 7.91. The molecule has 0 spiro atoms. The smallest absolute Gasteiger partial charge is 0.274 e. The lowest BCUT2D eigenvalue weighted by molar-refractivity contribution is 0.582. The van der Waals surface area contributed by atoms with Crippen LogP contribution in [0.2, 0.25) is 13.1 Å². The van der Waals surface area contributed by atoms with Crippen molar-refractivity contribution in [3.8, 4) is 5.75 Å². The van der Waals surface area contributed by atoms with Crippen LogP contribution in [-0.2, 0) is 13.5 Å². The molecular formula is C15H20N3OSi. The molecule has 0 aliphatic rings. The molecule has 0 aliphatic heterocycles. The van der Waals surface area contributed by atoms with Crippen LogP contribution in [0.25, 0.3) is 0 Å². The van der Waals surface area contributed by atoms with Gasteiger partial charge >= 0.3 is 0 Å². The fourth-order valence-corrected chi connectivity index (χ4v) is 2.58. The van der Waals surface area contributed by atoms with E-state index in [2.05, 4.69) is 30.1 Å². The largest absolute Gasteiger partial charge is 0.541 e. The Bertz CT molecular complexity index is 585. The van der Waals surface area contributed by atoms with Crippen LogP contribution in [0.1, 0.15) is 11.3 Å².